The molecule has 0 aliphatic carbocycles. The van der Waals surface area contributed by atoms with Gasteiger partial charge in [-0.05, 0) is 69.1 Å². The second kappa shape index (κ2) is 13.4. The first-order valence-corrected chi connectivity index (χ1v) is 13.5. The lowest BCUT2D eigenvalue weighted by Gasteiger charge is -2.37. The summed E-state index contributed by atoms with van der Waals surface area (Å²) < 4.78 is 19.5. The van der Waals surface area contributed by atoms with Crippen molar-refractivity contribution in [3.8, 4) is 5.75 Å². The van der Waals surface area contributed by atoms with E-state index in [-0.39, 0.29) is 43.1 Å². The van der Waals surface area contributed by atoms with Crippen LogP contribution in [0.4, 0.5) is 4.39 Å². The Morgan fingerprint density at radius 3 is 2.45 bits per heavy atom. The van der Waals surface area contributed by atoms with Gasteiger partial charge in [0.15, 0.2) is 0 Å². The number of benzene rings is 2. The summed E-state index contributed by atoms with van der Waals surface area (Å²) in [5.41, 5.74) is 2.09. The van der Waals surface area contributed by atoms with Crippen LogP contribution < -0.4 is 15.4 Å². The van der Waals surface area contributed by atoms with Crippen molar-refractivity contribution in [2.24, 2.45) is 0 Å². The first-order valence-electron chi connectivity index (χ1n) is 13.5. The van der Waals surface area contributed by atoms with E-state index < -0.39 is 6.04 Å². The van der Waals surface area contributed by atoms with Gasteiger partial charge in [-0.3, -0.25) is 19.3 Å². The molecule has 8 nitrogen and oxygen atoms in total. The smallest absolute Gasteiger partial charge is 0.255 e. The van der Waals surface area contributed by atoms with Gasteiger partial charge in [0.2, 0.25) is 11.8 Å². The van der Waals surface area contributed by atoms with Gasteiger partial charge in [-0.2, -0.15) is 0 Å². The van der Waals surface area contributed by atoms with Crippen molar-refractivity contribution in [2.75, 3.05) is 45.9 Å². The van der Waals surface area contributed by atoms with Crippen molar-refractivity contribution in [2.45, 2.75) is 45.1 Å². The summed E-state index contributed by atoms with van der Waals surface area (Å²) in [6.07, 6.45) is 3.89. The summed E-state index contributed by atoms with van der Waals surface area (Å²) in [5.74, 6) is -0.383. The molecule has 0 radical (unpaired) electrons. The third-order valence-corrected chi connectivity index (χ3v) is 7.05. The summed E-state index contributed by atoms with van der Waals surface area (Å²) in [5, 5.41) is 5.78. The summed E-state index contributed by atoms with van der Waals surface area (Å²) >= 11 is 0. The van der Waals surface area contributed by atoms with E-state index in [1.165, 1.54) is 12.1 Å². The molecule has 4 rings (SSSR count). The van der Waals surface area contributed by atoms with E-state index in [0.29, 0.717) is 37.4 Å². The molecule has 2 aromatic rings. The van der Waals surface area contributed by atoms with Gasteiger partial charge in [0, 0.05) is 26.1 Å². The molecule has 9 heteroatoms. The number of aryl methyl sites for hydroxylation is 1. The maximum atomic E-state index is 14.0. The van der Waals surface area contributed by atoms with Crippen LogP contribution in [0.1, 0.15) is 59.6 Å². The number of hydrogen-bond donors (Lipinski definition) is 2. The molecule has 1 fully saturated rings. The first kappa shape index (κ1) is 27.6. The molecule has 2 heterocycles. The van der Waals surface area contributed by atoms with Gasteiger partial charge in [0.25, 0.3) is 5.91 Å². The number of nitrogens with one attached hydrogen (secondary N) is 2. The second-order valence-corrected chi connectivity index (χ2v) is 9.93. The zero-order valence-electron chi connectivity index (χ0n) is 22.0. The Labute approximate surface area is 223 Å². The molecule has 0 bridgehead atoms. The minimum Gasteiger partial charge on any atom is -0.491 e. The van der Waals surface area contributed by atoms with Gasteiger partial charge in [-0.15, -0.1) is 0 Å². The predicted octanol–water partition coefficient (Wildman–Crippen LogP) is 3.21. The highest BCUT2D eigenvalue weighted by Gasteiger charge is 2.32. The highest BCUT2D eigenvalue weighted by Crippen LogP contribution is 2.27. The maximum Gasteiger partial charge on any atom is 0.255 e. The average Bonchev–Trinajstić information content (AvgIpc) is 2.92. The van der Waals surface area contributed by atoms with Crippen LogP contribution in [0.3, 0.4) is 0 Å². The van der Waals surface area contributed by atoms with Crippen LogP contribution >= 0.6 is 0 Å². The number of likely N-dealkylation sites (tertiary alicyclic amines) is 1. The van der Waals surface area contributed by atoms with Crippen LogP contribution in [0.15, 0.2) is 42.5 Å². The van der Waals surface area contributed by atoms with E-state index in [0.717, 1.165) is 43.5 Å². The second-order valence-electron chi connectivity index (χ2n) is 9.93. The van der Waals surface area contributed by atoms with Crippen molar-refractivity contribution < 1.29 is 23.5 Å². The molecular formula is C29H37FN4O4. The fourth-order valence-electron chi connectivity index (χ4n) is 5.05. The fraction of sp³-hybridized carbons (Fsp3) is 0.483. The Morgan fingerprint density at radius 2 is 1.68 bits per heavy atom. The summed E-state index contributed by atoms with van der Waals surface area (Å²) in [6.45, 7) is 4.96. The first-order chi connectivity index (χ1) is 18.4. The Kier molecular flexibility index (Phi) is 9.70. The molecule has 204 valence electrons. The van der Waals surface area contributed by atoms with Gasteiger partial charge >= 0.3 is 0 Å². The molecule has 2 aliphatic heterocycles. The van der Waals surface area contributed by atoms with Crippen LogP contribution in [-0.2, 0) is 9.59 Å². The van der Waals surface area contributed by atoms with Gasteiger partial charge in [0.05, 0.1) is 12.1 Å². The minimum atomic E-state index is -0.542. The third-order valence-electron chi connectivity index (χ3n) is 7.05. The number of hydrogen-bond acceptors (Lipinski definition) is 5. The molecule has 1 atom stereocenters. The van der Waals surface area contributed by atoms with Crippen LogP contribution in [0, 0.1) is 12.7 Å². The van der Waals surface area contributed by atoms with E-state index in [1.807, 2.05) is 13.0 Å². The molecule has 2 aliphatic rings. The fourth-order valence-corrected chi connectivity index (χ4v) is 5.05. The lowest BCUT2D eigenvalue weighted by Crippen LogP contribution is -2.47. The monoisotopic (exact) mass is 524 g/mol. The number of carbonyl (C=O) groups excluding carboxylic acids is 3. The number of rotatable bonds is 3. The van der Waals surface area contributed by atoms with E-state index in [4.69, 9.17) is 4.74 Å². The third kappa shape index (κ3) is 7.31. The Balaban J connectivity index is 1.56. The van der Waals surface area contributed by atoms with Crippen molar-refractivity contribution >= 4 is 17.7 Å². The summed E-state index contributed by atoms with van der Waals surface area (Å²) in [6, 6.07) is 11.0. The van der Waals surface area contributed by atoms with Crippen LogP contribution in [-0.4, -0.2) is 73.4 Å². The number of ether oxygens (including phenoxy) is 1. The van der Waals surface area contributed by atoms with Crippen molar-refractivity contribution in [3.63, 3.8) is 0 Å². The lowest BCUT2D eigenvalue weighted by atomic mass is 10.00. The Hall–Kier alpha value is -3.46. The molecule has 1 unspecified atom stereocenters. The van der Waals surface area contributed by atoms with Crippen molar-refractivity contribution in [3.05, 3.63) is 65.0 Å². The molecule has 3 amide bonds. The Morgan fingerprint density at radius 1 is 0.921 bits per heavy atom. The van der Waals surface area contributed by atoms with E-state index in [1.54, 1.807) is 29.2 Å². The molecular weight excluding hydrogens is 487 g/mol. The van der Waals surface area contributed by atoms with Crippen LogP contribution in [0.25, 0.3) is 0 Å². The number of halogens is 1. The quantitative estimate of drug-likeness (QED) is 0.644. The predicted molar refractivity (Wildman–Crippen MR) is 142 cm³/mol. The molecule has 38 heavy (non-hydrogen) atoms. The normalized spacial score (nSPS) is 19.2. The number of carbonyl (C=O) groups is 3. The van der Waals surface area contributed by atoms with Gasteiger partial charge in [-0.25, -0.2) is 4.39 Å². The standard InChI is InChI=1S/C29H37FN4O4/c1-21-7-12-25-24(20-21)28(36)32-13-18-34(17-5-6-26(35)31-14-19-38-25)29(37)27(33-15-3-2-4-16-33)22-8-10-23(30)11-9-22/h7-12,20,27H,2-6,13-19H2,1H3,(H,31,35)(H,32,36). The highest BCUT2D eigenvalue weighted by atomic mass is 19.1. The molecule has 0 saturated carbocycles. The number of nitrogens with zero attached hydrogens (tertiary/aromatic N) is 2. The average molecular weight is 525 g/mol. The topological polar surface area (TPSA) is 91.0 Å². The van der Waals surface area contributed by atoms with Crippen molar-refractivity contribution in [1.82, 2.24) is 20.4 Å². The van der Waals surface area contributed by atoms with E-state index >= 15 is 0 Å². The SMILES string of the molecule is Cc1ccc2c(c1)C(=O)NCCN(C(=O)C(c1ccc(F)cc1)N1CCCCC1)CCCC(=O)NCCO2. The highest BCUT2D eigenvalue weighted by molar-refractivity contribution is 5.97. The molecule has 2 aromatic carbocycles. The van der Waals surface area contributed by atoms with Crippen LogP contribution in [0.2, 0.25) is 0 Å². The minimum absolute atomic E-state index is 0.0999. The van der Waals surface area contributed by atoms with Gasteiger partial charge in [-0.1, -0.05) is 30.2 Å². The number of piperidine rings is 1. The molecule has 2 N–H and O–H groups in total. The molecule has 1 saturated heterocycles. The lowest BCUT2D eigenvalue weighted by molar-refractivity contribution is -0.138. The maximum absolute atomic E-state index is 14.0. The number of fused-ring (bicyclic) bond motifs is 1. The number of amides is 3. The van der Waals surface area contributed by atoms with Gasteiger partial charge < -0.3 is 20.3 Å². The van der Waals surface area contributed by atoms with Crippen LogP contribution in [0.5, 0.6) is 5.75 Å². The van der Waals surface area contributed by atoms with Gasteiger partial charge in [0.1, 0.15) is 24.2 Å². The zero-order valence-corrected chi connectivity index (χ0v) is 22.0. The summed E-state index contributed by atoms with van der Waals surface area (Å²) in [7, 11) is 0. The largest absolute Gasteiger partial charge is 0.491 e. The zero-order chi connectivity index (χ0) is 26.9. The Bertz CT molecular complexity index is 1120. The van der Waals surface area contributed by atoms with E-state index in [2.05, 4.69) is 15.5 Å². The van der Waals surface area contributed by atoms with Crippen molar-refractivity contribution in [1.29, 1.82) is 0 Å². The summed E-state index contributed by atoms with van der Waals surface area (Å²) in [4.78, 5) is 43.4. The van der Waals surface area contributed by atoms with E-state index in [9.17, 15) is 18.8 Å². The molecule has 0 aromatic heterocycles. The molecule has 0 spiro atoms.